The number of hydrogen-bond acceptors (Lipinski definition) is 3. The van der Waals surface area contributed by atoms with Crippen LogP contribution in [0.2, 0.25) is 0 Å². The van der Waals surface area contributed by atoms with Gasteiger partial charge in [-0.05, 0) is 38.1 Å². The first kappa shape index (κ1) is 19.5. The highest BCUT2D eigenvalue weighted by atomic mass is 19.1. The van der Waals surface area contributed by atoms with Gasteiger partial charge in [0.05, 0.1) is 23.0 Å². The van der Waals surface area contributed by atoms with Crippen LogP contribution < -0.4 is 0 Å². The average molecular weight is 418 g/mol. The summed E-state index contributed by atoms with van der Waals surface area (Å²) in [7, 11) is 0. The van der Waals surface area contributed by atoms with Crippen LogP contribution >= 0.6 is 0 Å². The SMILES string of the molecule is Cc1nn(-c2ccccc2)c2c1C(C)N(CC1CN(C(=O)c3ccccc3F)C1)C2=O. The van der Waals surface area contributed by atoms with Crippen molar-refractivity contribution < 1.29 is 14.0 Å². The van der Waals surface area contributed by atoms with Crippen LogP contribution in [0.1, 0.15) is 45.1 Å². The van der Waals surface area contributed by atoms with Crippen LogP contribution in [0.25, 0.3) is 5.69 Å². The molecule has 31 heavy (non-hydrogen) atoms. The number of hydrogen-bond donors (Lipinski definition) is 0. The Hall–Kier alpha value is -3.48. The van der Waals surface area contributed by atoms with Crippen LogP contribution in [-0.4, -0.2) is 51.0 Å². The molecule has 0 saturated carbocycles. The van der Waals surface area contributed by atoms with Gasteiger partial charge in [0.2, 0.25) is 0 Å². The second-order valence-electron chi connectivity index (χ2n) is 8.28. The molecule has 1 aromatic heterocycles. The molecule has 0 radical (unpaired) electrons. The van der Waals surface area contributed by atoms with Gasteiger partial charge in [-0.3, -0.25) is 9.59 Å². The minimum Gasteiger partial charge on any atom is -0.338 e. The van der Waals surface area contributed by atoms with Crippen LogP contribution in [0.4, 0.5) is 4.39 Å². The summed E-state index contributed by atoms with van der Waals surface area (Å²) in [5, 5.41) is 4.61. The monoisotopic (exact) mass is 418 g/mol. The van der Waals surface area contributed by atoms with E-state index in [0.717, 1.165) is 16.9 Å². The molecule has 158 valence electrons. The van der Waals surface area contributed by atoms with E-state index in [1.165, 1.54) is 12.1 Å². The molecule has 2 aromatic carbocycles. The predicted molar refractivity (Wildman–Crippen MR) is 114 cm³/mol. The fraction of sp³-hybridized carbons (Fsp3) is 0.292. The maximum atomic E-state index is 13.9. The van der Waals surface area contributed by atoms with Gasteiger partial charge in [-0.15, -0.1) is 0 Å². The van der Waals surface area contributed by atoms with E-state index in [1.807, 2.05) is 49.1 Å². The van der Waals surface area contributed by atoms with E-state index in [2.05, 4.69) is 5.10 Å². The molecule has 1 saturated heterocycles. The van der Waals surface area contributed by atoms with E-state index in [0.29, 0.717) is 25.3 Å². The Balaban J connectivity index is 1.30. The maximum absolute atomic E-state index is 13.9. The third-order valence-electron chi connectivity index (χ3n) is 6.26. The lowest BCUT2D eigenvalue weighted by Crippen LogP contribution is -2.54. The van der Waals surface area contributed by atoms with Gasteiger partial charge in [0, 0.05) is 31.1 Å². The number of fused-ring (bicyclic) bond motifs is 1. The molecule has 0 aliphatic carbocycles. The second-order valence-corrected chi connectivity index (χ2v) is 8.28. The predicted octanol–water partition coefficient (Wildman–Crippen LogP) is 3.61. The molecule has 2 amide bonds. The van der Waals surface area contributed by atoms with Crippen LogP contribution in [-0.2, 0) is 0 Å². The summed E-state index contributed by atoms with van der Waals surface area (Å²) in [6, 6.07) is 15.6. The molecule has 2 aliphatic rings. The lowest BCUT2D eigenvalue weighted by atomic mass is 9.97. The first-order valence-electron chi connectivity index (χ1n) is 10.5. The zero-order chi connectivity index (χ0) is 21.7. The Morgan fingerprint density at radius 3 is 2.48 bits per heavy atom. The Morgan fingerprint density at radius 2 is 1.77 bits per heavy atom. The van der Waals surface area contributed by atoms with Gasteiger partial charge in [-0.2, -0.15) is 5.10 Å². The summed E-state index contributed by atoms with van der Waals surface area (Å²) in [5.41, 5.74) is 3.39. The Bertz CT molecular complexity index is 1170. The van der Waals surface area contributed by atoms with E-state index in [1.54, 1.807) is 21.7 Å². The Morgan fingerprint density at radius 1 is 1.10 bits per heavy atom. The van der Waals surface area contributed by atoms with Crippen molar-refractivity contribution in [3.63, 3.8) is 0 Å². The number of amides is 2. The number of carbonyl (C=O) groups excluding carboxylic acids is 2. The van der Waals surface area contributed by atoms with Crippen molar-refractivity contribution in [1.82, 2.24) is 19.6 Å². The van der Waals surface area contributed by atoms with Gasteiger partial charge in [0.1, 0.15) is 11.5 Å². The lowest BCUT2D eigenvalue weighted by Gasteiger charge is -2.41. The van der Waals surface area contributed by atoms with E-state index in [-0.39, 0.29) is 29.3 Å². The third kappa shape index (κ3) is 3.12. The molecular weight excluding hydrogens is 395 g/mol. The van der Waals surface area contributed by atoms with Gasteiger partial charge >= 0.3 is 0 Å². The van der Waals surface area contributed by atoms with Crippen LogP contribution in [0.3, 0.4) is 0 Å². The van der Waals surface area contributed by atoms with E-state index >= 15 is 0 Å². The molecule has 0 N–H and O–H groups in total. The van der Waals surface area contributed by atoms with Gasteiger partial charge < -0.3 is 9.80 Å². The van der Waals surface area contributed by atoms with Crippen molar-refractivity contribution in [1.29, 1.82) is 0 Å². The number of aryl methyl sites for hydroxylation is 1. The summed E-state index contributed by atoms with van der Waals surface area (Å²) in [5.74, 6) is -0.667. The van der Waals surface area contributed by atoms with E-state index < -0.39 is 5.82 Å². The molecule has 5 rings (SSSR count). The minimum absolute atomic E-state index is 0.0363. The van der Waals surface area contributed by atoms with Gasteiger partial charge in [0.15, 0.2) is 0 Å². The summed E-state index contributed by atoms with van der Waals surface area (Å²) in [6.07, 6.45) is 0. The molecule has 0 bridgehead atoms. The Kier molecular flexibility index (Phi) is 4.61. The number of carbonyl (C=O) groups is 2. The molecule has 1 unspecified atom stereocenters. The van der Waals surface area contributed by atoms with Crippen LogP contribution in [0, 0.1) is 18.7 Å². The largest absolute Gasteiger partial charge is 0.338 e. The van der Waals surface area contributed by atoms with Crippen LogP contribution in [0.5, 0.6) is 0 Å². The highest BCUT2D eigenvalue weighted by Gasteiger charge is 2.43. The quantitative estimate of drug-likeness (QED) is 0.650. The van der Waals surface area contributed by atoms with Gasteiger partial charge in [-0.25, -0.2) is 9.07 Å². The highest BCUT2D eigenvalue weighted by Crippen LogP contribution is 2.38. The summed E-state index contributed by atoms with van der Waals surface area (Å²) in [6.45, 7) is 5.55. The molecule has 1 atom stereocenters. The third-order valence-corrected chi connectivity index (χ3v) is 6.26. The molecule has 3 heterocycles. The number of benzene rings is 2. The molecule has 7 heteroatoms. The molecule has 3 aromatic rings. The number of aromatic nitrogens is 2. The minimum atomic E-state index is -0.504. The maximum Gasteiger partial charge on any atom is 0.273 e. The van der Waals surface area contributed by atoms with Crippen molar-refractivity contribution >= 4 is 11.8 Å². The number of nitrogens with zero attached hydrogens (tertiary/aromatic N) is 4. The number of halogens is 1. The molecule has 2 aliphatic heterocycles. The first-order chi connectivity index (χ1) is 15.0. The van der Waals surface area contributed by atoms with Crippen LogP contribution in [0.15, 0.2) is 54.6 Å². The molecule has 1 fully saturated rings. The number of para-hydroxylation sites is 1. The number of likely N-dealkylation sites (tertiary alicyclic amines) is 1. The summed E-state index contributed by atoms with van der Waals surface area (Å²) < 4.78 is 15.6. The van der Waals surface area contributed by atoms with Crippen molar-refractivity contribution in [3.8, 4) is 5.69 Å². The topological polar surface area (TPSA) is 58.4 Å². The van der Waals surface area contributed by atoms with Crippen molar-refractivity contribution in [2.75, 3.05) is 19.6 Å². The van der Waals surface area contributed by atoms with Gasteiger partial charge in [0.25, 0.3) is 11.8 Å². The van der Waals surface area contributed by atoms with Crippen molar-refractivity contribution in [3.05, 3.63) is 82.9 Å². The number of rotatable bonds is 4. The zero-order valence-corrected chi connectivity index (χ0v) is 17.5. The standard InChI is InChI=1S/C24H23FN4O2/c1-15-21-16(2)28(24(31)22(21)29(26-15)18-8-4-3-5-9-18)14-17-12-27(13-17)23(30)19-10-6-7-11-20(19)25/h3-11,16-17H,12-14H2,1-2H3. The summed E-state index contributed by atoms with van der Waals surface area (Å²) >= 11 is 0. The second kappa shape index (κ2) is 7.34. The fourth-order valence-corrected chi connectivity index (χ4v) is 4.64. The Labute approximate surface area is 179 Å². The van der Waals surface area contributed by atoms with Crippen molar-refractivity contribution in [2.24, 2.45) is 5.92 Å². The fourth-order valence-electron chi connectivity index (χ4n) is 4.64. The van der Waals surface area contributed by atoms with E-state index in [4.69, 9.17) is 0 Å². The summed E-state index contributed by atoms with van der Waals surface area (Å²) in [4.78, 5) is 29.3. The first-order valence-corrected chi connectivity index (χ1v) is 10.5. The molecular formula is C24H23FN4O2. The van der Waals surface area contributed by atoms with Gasteiger partial charge in [-0.1, -0.05) is 30.3 Å². The molecule has 0 spiro atoms. The average Bonchev–Trinajstić information content (AvgIpc) is 3.21. The highest BCUT2D eigenvalue weighted by molar-refractivity contribution is 5.98. The zero-order valence-electron chi connectivity index (χ0n) is 17.5. The van der Waals surface area contributed by atoms with E-state index in [9.17, 15) is 14.0 Å². The normalized spacial score (nSPS) is 18.3. The smallest absolute Gasteiger partial charge is 0.273 e. The molecule has 6 nitrogen and oxygen atoms in total. The van der Waals surface area contributed by atoms with Crippen molar-refractivity contribution in [2.45, 2.75) is 19.9 Å². The lowest BCUT2D eigenvalue weighted by molar-refractivity contribution is 0.0358.